The highest BCUT2D eigenvalue weighted by molar-refractivity contribution is 6.39. The molecule has 2 aromatic rings. The molecule has 1 saturated heterocycles. The predicted molar refractivity (Wildman–Crippen MR) is 96.3 cm³/mol. The van der Waals surface area contributed by atoms with Crippen LogP contribution in [-0.4, -0.2) is 53.7 Å². The van der Waals surface area contributed by atoms with E-state index in [0.717, 1.165) is 6.07 Å². The lowest BCUT2D eigenvalue weighted by atomic mass is 10.1. The molecule has 0 spiro atoms. The van der Waals surface area contributed by atoms with Crippen molar-refractivity contribution in [3.05, 3.63) is 52.9 Å². The van der Waals surface area contributed by atoms with Crippen LogP contribution in [0.2, 0.25) is 5.02 Å². The summed E-state index contributed by atoms with van der Waals surface area (Å²) in [5, 5.41) is 1.84. The van der Waals surface area contributed by atoms with Gasteiger partial charge in [-0.1, -0.05) is 11.6 Å². The van der Waals surface area contributed by atoms with Gasteiger partial charge in [0.25, 0.3) is 5.91 Å². The van der Waals surface area contributed by atoms with Crippen molar-refractivity contribution in [2.45, 2.75) is 6.18 Å². The summed E-state index contributed by atoms with van der Waals surface area (Å²) in [5.74, 6) is -2.38. The predicted octanol–water partition coefficient (Wildman–Crippen LogP) is 2.87. The van der Waals surface area contributed by atoms with Crippen molar-refractivity contribution in [2.75, 3.05) is 31.5 Å². The molecule has 1 aliphatic rings. The molecule has 0 aliphatic carbocycles. The van der Waals surface area contributed by atoms with Gasteiger partial charge in [-0.3, -0.25) is 14.4 Å². The van der Waals surface area contributed by atoms with Crippen molar-refractivity contribution in [3.8, 4) is 0 Å². The molecule has 2 heterocycles. The van der Waals surface area contributed by atoms with Crippen molar-refractivity contribution < 1.29 is 32.0 Å². The molecule has 0 bridgehead atoms. The van der Waals surface area contributed by atoms with Crippen LogP contribution in [0.1, 0.15) is 16.1 Å². The first-order valence-electron chi connectivity index (χ1n) is 8.46. The summed E-state index contributed by atoms with van der Waals surface area (Å²) >= 11 is 5.59. The number of hydrogen-bond donors (Lipinski definition) is 1. The van der Waals surface area contributed by atoms with E-state index in [1.807, 2.05) is 5.32 Å². The van der Waals surface area contributed by atoms with E-state index in [2.05, 4.69) is 0 Å². The lowest BCUT2D eigenvalue weighted by Crippen LogP contribution is -2.53. The quantitative estimate of drug-likeness (QED) is 0.744. The number of nitrogens with one attached hydrogen (secondary N) is 1. The Hall–Kier alpha value is -3.01. The third kappa shape index (κ3) is 4.70. The number of anilines is 1. The van der Waals surface area contributed by atoms with Gasteiger partial charge in [-0.15, -0.1) is 0 Å². The van der Waals surface area contributed by atoms with E-state index in [4.69, 9.17) is 16.0 Å². The Balaban J connectivity index is 1.62. The van der Waals surface area contributed by atoms with Gasteiger partial charge in [0.15, 0.2) is 5.76 Å². The van der Waals surface area contributed by atoms with Crippen LogP contribution >= 0.6 is 11.6 Å². The zero-order valence-electron chi connectivity index (χ0n) is 14.8. The van der Waals surface area contributed by atoms with E-state index >= 15 is 0 Å². The smallest absolute Gasteiger partial charge is 0.418 e. The zero-order chi connectivity index (χ0) is 21.2. The number of benzene rings is 1. The summed E-state index contributed by atoms with van der Waals surface area (Å²) in [4.78, 5) is 39.3. The maximum Gasteiger partial charge on any atom is 0.418 e. The summed E-state index contributed by atoms with van der Waals surface area (Å²) in [6.45, 7) is 0.442. The van der Waals surface area contributed by atoms with Crippen LogP contribution in [0, 0.1) is 0 Å². The van der Waals surface area contributed by atoms with Gasteiger partial charge < -0.3 is 19.5 Å². The average Bonchev–Trinajstić information content (AvgIpc) is 3.22. The van der Waals surface area contributed by atoms with E-state index in [1.165, 1.54) is 28.2 Å². The minimum absolute atomic E-state index is 0.0610. The molecular formula is C18H15ClF3N3O4. The molecule has 1 fully saturated rings. The normalized spacial score (nSPS) is 14.6. The Morgan fingerprint density at radius 1 is 1.03 bits per heavy atom. The first-order valence-corrected chi connectivity index (χ1v) is 8.84. The molecule has 7 nitrogen and oxygen atoms in total. The summed E-state index contributed by atoms with van der Waals surface area (Å²) in [7, 11) is 0. The van der Waals surface area contributed by atoms with Crippen molar-refractivity contribution in [2.24, 2.45) is 0 Å². The maximum atomic E-state index is 13.1. The van der Waals surface area contributed by atoms with Crippen LogP contribution in [0.25, 0.3) is 0 Å². The van der Waals surface area contributed by atoms with Gasteiger partial charge in [-0.25, -0.2) is 0 Å². The second kappa shape index (κ2) is 8.16. The average molecular weight is 430 g/mol. The van der Waals surface area contributed by atoms with Crippen LogP contribution in [0.4, 0.5) is 18.9 Å². The molecule has 0 saturated carbocycles. The standard InChI is InChI=1S/C18H15ClF3N3O4/c19-11-3-4-13(12(10-11)18(20,21)22)23-15(26)17(28)25-7-5-24(6-8-25)16(27)14-2-1-9-29-14/h1-4,9-10H,5-8H2,(H,23,26). The highest BCUT2D eigenvalue weighted by atomic mass is 35.5. The van der Waals surface area contributed by atoms with Crippen LogP contribution in [0.5, 0.6) is 0 Å². The second-order valence-corrected chi connectivity index (χ2v) is 6.64. The SMILES string of the molecule is O=C(Nc1ccc(Cl)cc1C(F)(F)F)C(=O)N1CCN(C(=O)c2ccco2)CC1. The largest absolute Gasteiger partial charge is 0.459 e. The molecule has 3 rings (SSSR count). The van der Waals surface area contributed by atoms with Crippen molar-refractivity contribution in [3.63, 3.8) is 0 Å². The summed E-state index contributed by atoms with van der Waals surface area (Å²) < 4.78 is 44.4. The minimum atomic E-state index is -4.76. The minimum Gasteiger partial charge on any atom is -0.459 e. The molecule has 29 heavy (non-hydrogen) atoms. The summed E-state index contributed by atoms with van der Waals surface area (Å²) in [6.07, 6.45) is -3.39. The van der Waals surface area contributed by atoms with Gasteiger partial charge in [0.05, 0.1) is 17.5 Å². The number of alkyl halides is 3. The highest BCUT2D eigenvalue weighted by Crippen LogP contribution is 2.36. The van der Waals surface area contributed by atoms with E-state index < -0.39 is 29.2 Å². The number of piperazine rings is 1. The number of halogens is 4. The first-order chi connectivity index (χ1) is 13.7. The monoisotopic (exact) mass is 429 g/mol. The third-order valence-electron chi connectivity index (χ3n) is 4.32. The Labute approximate surface area is 168 Å². The van der Waals surface area contributed by atoms with E-state index in [9.17, 15) is 27.6 Å². The number of rotatable bonds is 2. The molecule has 1 aromatic heterocycles. The first kappa shape index (κ1) is 20.7. The van der Waals surface area contributed by atoms with E-state index in [-0.39, 0.29) is 42.9 Å². The molecule has 1 N–H and O–H groups in total. The molecular weight excluding hydrogens is 415 g/mol. The summed E-state index contributed by atoms with van der Waals surface area (Å²) in [6, 6.07) is 5.91. The molecule has 0 unspecified atom stereocenters. The molecule has 1 aliphatic heterocycles. The van der Waals surface area contributed by atoms with Gasteiger partial charge in [0, 0.05) is 31.2 Å². The molecule has 154 valence electrons. The Bertz CT molecular complexity index is 923. The molecule has 0 radical (unpaired) electrons. The Morgan fingerprint density at radius 2 is 1.69 bits per heavy atom. The fourth-order valence-corrected chi connectivity index (χ4v) is 3.02. The number of hydrogen-bond acceptors (Lipinski definition) is 4. The Kier molecular flexibility index (Phi) is 5.83. The van der Waals surface area contributed by atoms with Crippen LogP contribution in [-0.2, 0) is 15.8 Å². The maximum absolute atomic E-state index is 13.1. The van der Waals surface area contributed by atoms with Crippen LogP contribution < -0.4 is 5.32 Å². The number of amides is 3. The van der Waals surface area contributed by atoms with Crippen molar-refractivity contribution in [1.82, 2.24) is 9.80 Å². The third-order valence-corrected chi connectivity index (χ3v) is 4.55. The Morgan fingerprint density at radius 3 is 2.28 bits per heavy atom. The van der Waals surface area contributed by atoms with E-state index in [0.29, 0.717) is 6.07 Å². The number of carbonyl (C=O) groups excluding carboxylic acids is 3. The lowest BCUT2D eigenvalue weighted by Gasteiger charge is -2.33. The summed E-state index contributed by atoms with van der Waals surface area (Å²) in [5.41, 5.74) is -1.72. The fourth-order valence-electron chi connectivity index (χ4n) is 2.85. The van der Waals surface area contributed by atoms with Gasteiger partial charge >= 0.3 is 18.0 Å². The number of furan rings is 1. The van der Waals surface area contributed by atoms with Gasteiger partial charge in [-0.05, 0) is 30.3 Å². The molecule has 0 atom stereocenters. The number of carbonyl (C=O) groups is 3. The molecule has 1 aromatic carbocycles. The van der Waals surface area contributed by atoms with Crippen LogP contribution in [0.15, 0.2) is 41.0 Å². The second-order valence-electron chi connectivity index (χ2n) is 6.20. The number of nitrogens with zero attached hydrogens (tertiary/aromatic N) is 2. The van der Waals surface area contributed by atoms with E-state index in [1.54, 1.807) is 6.07 Å². The molecule has 3 amide bonds. The van der Waals surface area contributed by atoms with Crippen LogP contribution in [0.3, 0.4) is 0 Å². The highest BCUT2D eigenvalue weighted by Gasteiger charge is 2.35. The van der Waals surface area contributed by atoms with Crippen molar-refractivity contribution >= 4 is 35.0 Å². The van der Waals surface area contributed by atoms with Gasteiger partial charge in [0.2, 0.25) is 0 Å². The fraction of sp³-hybridized carbons (Fsp3) is 0.278. The van der Waals surface area contributed by atoms with Crippen molar-refractivity contribution in [1.29, 1.82) is 0 Å². The topological polar surface area (TPSA) is 82.9 Å². The van der Waals surface area contributed by atoms with Gasteiger partial charge in [-0.2, -0.15) is 13.2 Å². The lowest BCUT2D eigenvalue weighted by molar-refractivity contribution is -0.144. The van der Waals surface area contributed by atoms with Gasteiger partial charge in [0.1, 0.15) is 0 Å². The zero-order valence-corrected chi connectivity index (χ0v) is 15.6. The molecule has 11 heteroatoms.